The smallest absolute Gasteiger partial charge is 0.407 e. The van der Waals surface area contributed by atoms with Crippen molar-refractivity contribution in [1.82, 2.24) is 16.0 Å². The van der Waals surface area contributed by atoms with Crippen LogP contribution in [0.4, 0.5) is 9.59 Å². The Morgan fingerprint density at radius 1 is 1.10 bits per heavy atom. The van der Waals surface area contributed by atoms with Crippen molar-refractivity contribution in [2.24, 2.45) is 0 Å². The minimum atomic E-state index is -0.477. The molecule has 0 saturated heterocycles. The molecule has 6 heteroatoms. The molecule has 0 fully saturated rings. The van der Waals surface area contributed by atoms with Crippen LogP contribution in [0.3, 0.4) is 0 Å². The molecule has 0 radical (unpaired) electrons. The molecule has 0 spiro atoms. The van der Waals surface area contributed by atoms with Gasteiger partial charge in [0.1, 0.15) is 0 Å². The molecule has 110 valence electrons. The van der Waals surface area contributed by atoms with Crippen molar-refractivity contribution < 1.29 is 14.3 Å². The molecule has 3 amide bonds. The quantitative estimate of drug-likeness (QED) is 0.691. The molecule has 0 atom stereocenters. The fourth-order valence-corrected chi connectivity index (χ4v) is 1.57. The van der Waals surface area contributed by atoms with Crippen LogP contribution in [0.2, 0.25) is 0 Å². The van der Waals surface area contributed by atoms with Gasteiger partial charge in [-0.3, -0.25) is 0 Å². The monoisotopic (exact) mass is 279 g/mol. The zero-order valence-corrected chi connectivity index (χ0v) is 11.9. The van der Waals surface area contributed by atoms with E-state index in [2.05, 4.69) is 20.7 Å². The van der Waals surface area contributed by atoms with Gasteiger partial charge in [0, 0.05) is 19.6 Å². The van der Waals surface area contributed by atoms with E-state index in [1.54, 1.807) is 6.92 Å². The highest BCUT2D eigenvalue weighted by molar-refractivity contribution is 5.74. The van der Waals surface area contributed by atoms with E-state index >= 15 is 0 Å². The van der Waals surface area contributed by atoms with Crippen molar-refractivity contribution in [1.29, 1.82) is 0 Å². The van der Waals surface area contributed by atoms with Gasteiger partial charge in [-0.25, -0.2) is 9.59 Å². The average molecular weight is 279 g/mol. The van der Waals surface area contributed by atoms with Gasteiger partial charge in [-0.15, -0.1) is 0 Å². The maximum absolute atomic E-state index is 11.5. The van der Waals surface area contributed by atoms with Gasteiger partial charge in [0.2, 0.25) is 0 Å². The van der Waals surface area contributed by atoms with Crippen LogP contribution in [-0.4, -0.2) is 31.8 Å². The van der Waals surface area contributed by atoms with E-state index in [0.29, 0.717) is 26.2 Å². The summed E-state index contributed by atoms with van der Waals surface area (Å²) in [6.07, 6.45) is -0.477. The number of ether oxygens (including phenoxy) is 1. The van der Waals surface area contributed by atoms with Crippen molar-refractivity contribution in [2.75, 3.05) is 19.7 Å². The third-order valence-corrected chi connectivity index (χ3v) is 2.66. The predicted molar refractivity (Wildman–Crippen MR) is 76.4 cm³/mol. The molecule has 6 nitrogen and oxygen atoms in total. The Morgan fingerprint density at radius 3 is 2.50 bits per heavy atom. The van der Waals surface area contributed by atoms with Gasteiger partial charge in [0.25, 0.3) is 0 Å². The summed E-state index contributed by atoms with van der Waals surface area (Å²) in [7, 11) is 0. The molecule has 20 heavy (non-hydrogen) atoms. The Kier molecular flexibility index (Phi) is 6.95. The summed E-state index contributed by atoms with van der Waals surface area (Å²) in [6, 6.07) is 7.60. The third-order valence-electron chi connectivity index (χ3n) is 2.66. The van der Waals surface area contributed by atoms with E-state index in [1.807, 2.05) is 31.2 Å². The lowest BCUT2D eigenvalue weighted by atomic mass is 10.1. The molecule has 0 aromatic heterocycles. The summed E-state index contributed by atoms with van der Waals surface area (Å²) in [5.41, 5.74) is 2.21. The van der Waals surface area contributed by atoms with E-state index in [4.69, 9.17) is 0 Å². The number of carbonyl (C=O) groups is 2. The Hall–Kier alpha value is -2.24. The van der Waals surface area contributed by atoms with Crippen molar-refractivity contribution in [3.8, 4) is 0 Å². The number of hydrogen-bond donors (Lipinski definition) is 3. The van der Waals surface area contributed by atoms with Gasteiger partial charge in [-0.1, -0.05) is 24.3 Å². The second-order valence-corrected chi connectivity index (χ2v) is 4.18. The number of carbonyl (C=O) groups excluding carboxylic acids is 2. The summed E-state index contributed by atoms with van der Waals surface area (Å²) >= 11 is 0. The van der Waals surface area contributed by atoms with E-state index in [-0.39, 0.29) is 6.03 Å². The highest BCUT2D eigenvalue weighted by atomic mass is 16.5. The molecule has 0 heterocycles. The molecule has 0 bridgehead atoms. The topological polar surface area (TPSA) is 79.5 Å². The van der Waals surface area contributed by atoms with Crippen LogP contribution in [0.25, 0.3) is 0 Å². The van der Waals surface area contributed by atoms with E-state index in [1.165, 1.54) is 0 Å². The van der Waals surface area contributed by atoms with E-state index in [0.717, 1.165) is 11.1 Å². The first kappa shape index (κ1) is 15.8. The zero-order valence-electron chi connectivity index (χ0n) is 11.9. The van der Waals surface area contributed by atoms with Crippen LogP contribution in [0, 0.1) is 6.92 Å². The largest absolute Gasteiger partial charge is 0.450 e. The molecule has 1 aromatic carbocycles. The summed E-state index contributed by atoms with van der Waals surface area (Å²) in [5, 5.41) is 7.93. The zero-order chi connectivity index (χ0) is 14.8. The summed E-state index contributed by atoms with van der Waals surface area (Å²) in [4.78, 5) is 22.5. The van der Waals surface area contributed by atoms with Crippen molar-refractivity contribution in [3.63, 3.8) is 0 Å². The fraction of sp³-hybridized carbons (Fsp3) is 0.429. The lowest BCUT2D eigenvalue weighted by Crippen LogP contribution is -2.40. The number of nitrogens with one attached hydrogen (secondary N) is 3. The van der Waals surface area contributed by atoms with Gasteiger partial charge < -0.3 is 20.7 Å². The standard InChI is InChI=1S/C14H21N3O3/c1-3-20-14(19)16-9-8-15-13(18)17-10-12-7-5-4-6-11(12)2/h4-7H,3,8-10H2,1-2H3,(H,16,19)(H2,15,17,18). The highest BCUT2D eigenvalue weighted by Crippen LogP contribution is 2.05. The van der Waals surface area contributed by atoms with Gasteiger partial charge >= 0.3 is 12.1 Å². The minimum Gasteiger partial charge on any atom is -0.450 e. The summed E-state index contributed by atoms with van der Waals surface area (Å²) in [5.74, 6) is 0. The highest BCUT2D eigenvalue weighted by Gasteiger charge is 2.02. The Bertz CT molecular complexity index is 449. The molecule has 1 rings (SSSR count). The second kappa shape index (κ2) is 8.79. The number of aryl methyl sites for hydroxylation is 1. The van der Waals surface area contributed by atoms with Crippen LogP contribution >= 0.6 is 0 Å². The minimum absolute atomic E-state index is 0.265. The van der Waals surface area contributed by atoms with Gasteiger partial charge in [-0.05, 0) is 25.0 Å². The number of amides is 3. The number of urea groups is 1. The molecular weight excluding hydrogens is 258 g/mol. The molecule has 0 saturated carbocycles. The molecule has 0 unspecified atom stereocenters. The van der Waals surface area contributed by atoms with Crippen molar-refractivity contribution in [2.45, 2.75) is 20.4 Å². The first-order valence-corrected chi connectivity index (χ1v) is 6.60. The number of alkyl carbamates (subject to hydrolysis) is 1. The van der Waals surface area contributed by atoms with E-state index in [9.17, 15) is 9.59 Å². The third kappa shape index (κ3) is 6.08. The normalized spacial score (nSPS) is 9.70. The molecular formula is C14H21N3O3. The van der Waals surface area contributed by atoms with Crippen LogP contribution in [-0.2, 0) is 11.3 Å². The SMILES string of the molecule is CCOC(=O)NCCNC(=O)NCc1ccccc1C. The lowest BCUT2D eigenvalue weighted by molar-refractivity contribution is 0.152. The van der Waals surface area contributed by atoms with Crippen LogP contribution < -0.4 is 16.0 Å². The lowest BCUT2D eigenvalue weighted by Gasteiger charge is -2.10. The fourth-order valence-electron chi connectivity index (χ4n) is 1.57. The second-order valence-electron chi connectivity index (χ2n) is 4.18. The number of hydrogen-bond acceptors (Lipinski definition) is 3. The Labute approximate surface area is 118 Å². The Balaban J connectivity index is 2.15. The number of rotatable bonds is 6. The maximum atomic E-state index is 11.5. The van der Waals surface area contributed by atoms with Crippen LogP contribution in [0.1, 0.15) is 18.1 Å². The number of benzene rings is 1. The molecule has 3 N–H and O–H groups in total. The summed E-state index contributed by atoms with van der Waals surface area (Å²) in [6.45, 7) is 5.21. The van der Waals surface area contributed by atoms with Gasteiger partial charge in [-0.2, -0.15) is 0 Å². The first-order valence-electron chi connectivity index (χ1n) is 6.60. The van der Waals surface area contributed by atoms with E-state index < -0.39 is 6.09 Å². The maximum Gasteiger partial charge on any atom is 0.407 e. The van der Waals surface area contributed by atoms with Crippen LogP contribution in [0.15, 0.2) is 24.3 Å². The molecule has 0 aliphatic heterocycles. The van der Waals surface area contributed by atoms with Gasteiger partial charge in [0.05, 0.1) is 6.61 Å². The van der Waals surface area contributed by atoms with Crippen LogP contribution in [0.5, 0.6) is 0 Å². The molecule has 0 aliphatic carbocycles. The van der Waals surface area contributed by atoms with Gasteiger partial charge in [0.15, 0.2) is 0 Å². The predicted octanol–water partition coefficient (Wildman–Crippen LogP) is 1.54. The van der Waals surface area contributed by atoms with Crippen molar-refractivity contribution >= 4 is 12.1 Å². The average Bonchev–Trinajstić information content (AvgIpc) is 2.43. The molecule has 1 aromatic rings. The van der Waals surface area contributed by atoms with Crippen molar-refractivity contribution in [3.05, 3.63) is 35.4 Å². The Morgan fingerprint density at radius 2 is 1.80 bits per heavy atom. The first-order chi connectivity index (χ1) is 9.63. The molecule has 0 aliphatic rings. The summed E-state index contributed by atoms with van der Waals surface area (Å²) < 4.78 is 4.69.